The van der Waals surface area contributed by atoms with Crippen LogP contribution in [0.4, 0.5) is 5.69 Å². The van der Waals surface area contributed by atoms with Crippen molar-refractivity contribution in [1.82, 2.24) is 9.78 Å². The van der Waals surface area contributed by atoms with Crippen LogP contribution in [0.2, 0.25) is 0 Å². The normalized spacial score (nSPS) is 10.9. The number of nitrogens with one attached hydrogen (secondary N) is 1. The lowest BCUT2D eigenvalue weighted by Crippen LogP contribution is -1.99. The van der Waals surface area contributed by atoms with Crippen molar-refractivity contribution in [1.29, 1.82) is 0 Å². The van der Waals surface area contributed by atoms with Gasteiger partial charge < -0.3 is 5.32 Å². The Morgan fingerprint density at radius 2 is 2.20 bits per heavy atom. The summed E-state index contributed by atoms with van der Waals surface area (Å²) in [5, 5.41) is 8.95. The Bertz CT molecular complexity index is 471. The third-order valence-electron chi connectivity index (χ3n) is 2.66. The molecule has 0 atom stereocenters. The summed E-state index contributed by atoms with van der Waals surface area (Å²) in [5.74, 6) is 0. The Balaban J connectivity index is 2.60. The number of aromatic nitrogens is 2. The SMILES string of the molecule is CCCn1nc(C)c2ccc(NC)cc21. The highest BCUT2D eigenvalue weighted by atomic mass is 15.3. The molecule has 0 saturated carbocycles. The van der Waals surface area contributed by atoms with Gasteiger partial charge in [-0.05, 0) is 31.5 Å². The molecule has 0 aliphatic heterocycles. The maximum absolute atomic E-state index is 4.54. The van der Waals surface area contributed by atoms with E-state index in [0.717, 1.165) is 24.3 Å². The molecule has 2 aromatic rings. The molecule has 1 aromatic carbocycles. The van der Waals surface area contributed by atoms with Crippen LogP contribution in [0, 0.1) is 6.92 Å². The highest BCUT2D eigenvalue weighted by Gasteiger charge is 2.06. The van der Waals surface area contributed by atoms with Crippen molar-refractivity contribution in [3.63, 3.8) is 0 Å². The molecule has 0 spiro atoms. The topological polar surface area (TPSA) is 29.9 Å². The largest absolute Gasteiger partial charge is 0.388 e. The molecule has 1 heterocycles. The van der Waals surface area contributed by atoms with Crippen molar-refractivity contribution >= 4 is 16.6 Å². The van der Waals surface area contributed by atoms with Gasteiger partial charge in [-0.1, -0.05) is 6.92 Å². The van der Waals surface area contributed by atoms with Gasteiger partial charge in [0.05, 0.1) is 11.2 Å². The molecule has 2 rings (SSSR count). The van der Waals surface area contributed by atoms with E-state index in [9.17, 15) is 0 Å². The first-order chi connectivity index (χ1) is 7.26. The molecule has 3 heteroatoms. The fraction of sp³-hybridized carbons (Fsp3) is 0.417. The van der Waals surface area contributed by atoms with Crippen LogP contribution in [0.1, 0.15) is 19.0 Å². The molecular formula is C12H17N3. The molecule has 80 valence electrons. The summed E-state index contributed by atoms with van der Waals surface area (Å²) in [6, 6.07) is 6.38. The number of hydrogen-bond donors (Lipinski definition) is 1. The number of fused-ring (bicyclic) bond motifs is 1. The quantitative estimate of drug-likeness (QED) is 0.831. The van der Waals surface area contributed by atoms with Crippen LogP contribution in [-0.4, -0.2) is 16.8 Å². The van der Waals surface area contributed by atoms with Crippen molar-refractivity contribution in [3.8, 4) is 0 Å². The number of anilines is 1. The first-order valence-corrected chi connectivity index (χ1v) is 5.41. The molecule has 0 saturated heterocycles. The van der Waals surface area contributed by atoms with Gasteiger partial charge in [-0.2, -0.15) is 5.10 Å². The second-order valence-corrected chi connectivity index (χ2v) is 3.79. The maximum atomic E-state index is 4.54. The van der Waals surface area contributed by atoms with E-state index in [-0.39, 0.29) is 0 Å². The van der Waals surface area contributed by atoms with Gasteiger partial charge in [0.25, 0.3) is 0 Å². The highest BCUT2D eigenvalue weighted by molar-refractivity contribution is 5.85. The first kappa shape index (κ1) is 10.0. The van der Waals surface area contributed by atoms with Crippen LogP contribution in [0.3, 0.4) is 0 Å². The Kier molecular flexibility index (Phi) is 2.62. The molecule has 0 bridgehead atoms. The number of nitrogens with zero attached hydrogens (tertiary/aromatic N) is 2. The van der Waals surface area contributed by atoms with E-state index in [1.807, 2.05) is 7.05 Å². The van der Waals surface area contributed by atoms with Crippen molar-refractivity contribution < 1.29 is 0 Å². The Morgan fingerprint density at radius 1 is 1.40 bits per heavy atom. The average molecular weight is 203 g/mol. The van der Waals surface area contributed by atoms with Crippen LogP contribution in [0.15, 0.2) is 18.2 Å². The number of hydrogen-bond acceptors (Lipinski definition) is 2. The molecule has 0 unspecified atom stereocenters. The second kappa shape index (κ2) is 3.93. The molecule has 0 aliphatic rings. The zero-order valence-corrected chi connectivity index (χ0v) is 9.54. The van der Waals surface area contributed by atoms with Crippen LogP contribution in [0.25, 0.3) is 10.9 Å². The lowest BCUT2D eigenvalue weighted by Gasteiger charge is -2.03. The van der Waals surface area contributed by atoms with Gasteiger partial charge in [0.1, 0.15) is 0 Å². The minimum Gasteiger partial charge on any atom is -0.388 e. The summed E-state index contributed by atoms with van der Waals surface area (Å²) in [6.45, 7) is 5.22. The van der Waals surface area contributed by atoms with E-state index < -0.39 is 0 Å². The van der Waals surface area contributed by atoms with E-state index in [1.165, 1.54) is 10.9 Å². The van der Waals surface area contributed by atoms with Crippen molar-refractivity contribution in [3.05, 3.63) is 23.9 Å². The van der Waals surface area contributed by atoms with Crippen molar-refractivity contribution in [2.24, 2.45) is 0 Å². The van der Waals surface area contributed by atoms with Gasteiger partial charge in [-0.25, -0.2) is 0 Å². The molecule has 0 fully saturated rings. The van der Waals surface area contributed by atoms with E-state index in [4.69, 9.17) is 0 Å². The summed E-state index contributed by atoms with van der Waals surface area (Å²) >= 11 is 0. The fourth-order valence-corrected chi connectivity index (χ4v) is 1.88. The summed E-state index contributed by atoms with van der Waals surface area (Å²) < 4.78 is 2.09. The van der Waals surface area contributed by atoms with E-state index in [2.05, 4.69) is 47.1 Å². The number of aryl methyl sites for hydroxylation is 2. The van der Waals surface area contributed by atoms with Gasteiger partial charge in [-0.3, -0.25) is 4.68 Å². The summed E-state index contributed by atoms with van der Waals surface area (Å²) in [6.07, 6.45) is 1.11. The van der Waals surface area contributed by atoms with Gasteiger partial charge >= 0.3 is 0 Å². The minimum absolute atomic E-state index is 0.984. The Labute approximate surface area is 90.1 Å². The van der Waals surface area contributed by atoms with E-state index >= 15 is 0 Å². The standard InChI is InChI=1S/C12H17N3/c1-4-7-15-12-8-10(13-3)5-6-11(12)9(2)14-15/h5-6,8,13H,4,7H2,1-3H3. The first-order valence-electron chi connectivity index (χ1n) is 5.41. The van der Waals surface area contributed by atoms with Crippen LogP contribution in [0.5, 0.6) is 0 Å². The zero-order valence-electron chi connectivity index (χ0n) is 9.54. The van der Waals surface area contributed by atoms with Crippen LogP contribution < -0.4 is 5.32 Å². The molecule has 15 heavy (non-hydrogen) atoms. The van der Waals surface area contributed by atoms with Gasteiger partial charge in [0.2, 0.25) is 0 Å². The Morgan fingerprint density at radius 3 is 2.87 bits per heavy atom. The zero-order chi connectivity index (χ0) is 10.8. The average Bonchev–Trinajstić information content (AvgIpc) is 2.56. The lowest BCUT2D eigenvalue weighted by atomic mass is 10.2. The van der Waals surface area contributed by atoms with Crippen molar-refractivity contribution in [2.45, 2.75) is 26.8 Å². The van der Waals surface area contributed by atoms with Crippen LogP contribution >= 0.6 is 0 Å². The molecule has 0 amide bonds. The number of rotatable bonds is 3. The third kappa shape index (κ3) is 1.69. The predicted octanol–water partition coefficient (Wildman–Crippen LogP) is 2.80. The minimum atomic E-state index is 0.984. The monoisotopic (exact) mass is 203 g/mol. The van der Waals surface area contributed by atoms with Crippen molar-refractivity contribution in [2.75, 3.05) is 12.4 Å². The summed E-state index contributed by atoms with van der Waals surface area (Å²) in [5.41, 5.74) is 3.47. The van der Waals surface area contributed by atoms with Gasteiger partial charge in [-0.15, -0.1) is 0 Å². The molecule has 1 aromatic heterocycles. The van der Waals surface area contributed by atoms with Crippen LogP contribution in [-0.2, 0) is 6.54 Å². The van der Waals surface area contributed by atoms with E-state index in [1.54, 1.807) is 0 Å². The maximum Gasteiger partial charge on any atom is 0.0705 e. The summed E-state index contributed by atoms with van der Waals surface area (Å²) in [4.78, 5) is 0. The molecule has 3 nitrogen and oxygen atoms in total. The lowest BCUT2D eigenvalue weighted by molar-refractivity contribution is 0.617. The molecule has 0 radical (unpaired) electrons. The van der Waals surface area contributed by atoms with E-state index in [0.29, 0.717) is 0 Å². The Hall–Kier alpha value is -1.51. The smallest absolute Gasteiger partial charge is 0.0705 e. The molecular weight excluding hydrogens is 186 g/mol. The second-order valence-electron chi connectivity index (χ2n) is 3.79. The highest BCUT2D eigenvalue weighted by Crippen LogP contribution is 2.22. The van der Waals surface area contributed by atoms with Gasteiger partial charge in [0, 0.05) is 24.7 Å². The molecule has 0 aliphatic carbocycles. The molecule has 1 N–H and O–H groups in total. The van der Waals surface area contributed by atoms with Gasteiger partial charge in [0.15, 0.2) is 0 Å². The summed E-state index contributed by atoms with van der Waals surface area (Å²) in [7, 11) is 1.94. The fourth-order valence-electron chi connectivity index (χ4n) is 1.88. The number of benzene rings is 1. The predicted molar refractivity (Wildman–Crippen MR) is 64.3 cm³/mol. The third-order valence-corrected chi connectivity index (χ3v) is 2.66.